The summed E-state index contributed by atoms with van der Waals surface area (Å²) in [5.41, 5.74) is 11.7. The SMILES string of the molecule is C=COCC(C)(COCC(C)(C)COCC(C)(COC=C)COC(=O)c1ccc(N)cc1)COC(=O)c1ccc(N)cc1.FC(F)C(F)(F)C(F)(F)C(F)(F)F.FC(F)C(F)(F)C(F)(F)C(F)(F)F. The van der Waals surface area contributed by atoms with Crippen LogP contribution in [0.4, 0.5) is 90.4 Å². The third kappa shape index (κ3) is 19.6. The molecule has 0 aliphatic rings. The lowest BCUT2D eigenvalue weighted by Crippen LogP contribution is -2.55. The van der Waals surface area contributed by atoms with E-state index in [2.05, 4.69) is 13.2 Å². The summed E-state index contributed by atoms with van der Waals surface area (Å²) in [6, 6.07) is 13.1. The topological polar surface area (TPSA) is 142 Å². The van der Waals surface area contributed by atoms with E-state index < -0.39 is 71.7 Å². The molecule has 0 aliphatic heterocycles. The maximum atomic E-state index is 12.5. The Hall–Kier alpha value is -5.28. The van der Waals surface area contributed by atoms with Gasteiger partial charge in [0.25, 0.3) is 0 Å². The van der Waals surface area contributed by atoms with Gasteiger partial charge in [-0.1, -0.05) is 40.9 Å². The molecule has 2 rings (SSSR count). The van der Waals surface area contributed by atoms with Crippen LogP contribution in [0.5, 0.6) is 0 Å². The fourth-order valence-electron chi connectivity index (χ4n) is 4.50. The molecule has 396 valence electrons. The van der Waals surface area contributed by atoms with Crippen molar-refractivity contribution in [1.82, 2.24) is 0 Å². The number of anilines is 2. The summed E-state index contributed by atoms with van der Waals surface area (Å²) in [5.74, 6) is -27.2. The smallest absolute Gasteiger partial charge is 0.460 e. The zero-order valence-electron chi connectivity index (χ0n) is 36.7. The van der Waals surface area contributed by atoms with Gasteiger partial charge in [-0.2, -0.15) is 61.5 Å². The van der Waals surface area contributed by atoms with Gasteiger partial charge in [-0.25, -0.2) is 27.2 Å². The van der Waals surface area contributed by atoms with Gasteiger partial charge in [0.15, 0.2) is 0 Å². The van der Waals surface area contributed by atoms with Crippen molar-refractivity contribution in [3.05, 3.63) is 85.3 Å². The van der Waals surface area contributed by atoms with E-state index in [0.717, 1.165) is 0 Å². The van der Waals surface area contributed by atoms with Crippen molar-refractivity contribution < 1.29 is 117 Å². The zero-order valence-corrected chi connectivity index (χ0v) is 36.7. The van der Waals surface area contributed by atoms with Crippen LogP contribution in [-0.2, 0) is 28.4 Å². The number of rotatable bonds is 24. The van der Waals surface area contributed by atoms with Crippen LogP contribution >= 0.6 is 0 Å². The van der Waals surface area contributed by atoms with Gasteiger partial charge < -0.3 is 39.9 Å². The molecule has 4 N–H and O–H groups in total. The van der Waals surface area contributed by atoms with Crippen LogP contribution in [0.1, 0.15) is 48.4 Å². The lowest BCUT2D eigenvalue weighted by Gasteiger charge is -2.32. The van der Waals surface area contributed by atoms with Crippen molar-refractivity contribution in [3.63, 3.8) is 0 Å². The van der Waals surface area contributed by atoms with E-state index in [1.54, 1.807) is 48.5 Å². The van der Waals surface area contributed by atoms with E-state index in [1.807, 2.05) is 27.7 Å². The van der Waals surface area contributed by atoms with Gasteiger partial charge >= 0.3 is 60.8 Å². The molecule has 2 aromatic carbocycles. The second-order valence-corrected chi connectivity index (χ2v) is 16.1. The van der Waals surface area contributed by atoms with E-state index >= 15 is 0 Å². The molecule has 0 saturated heterocycles. The van der Waals surface area contributed by atoms with E-state index in [4.69, 9.17) is 39.9 Å². The van der Waals surface area contributed by atoms with Crippen LogP contribution in [0.2, 0.25) is 0 Å². The predicted molar refractivity (Wildman–Crippen MR) is 210 cm³/mol. The first kappa shape index (κ1) is 63.7. The van der Waals surface area contributed by atoms with Crippen molar-refractivity contribution in [2.24, 2.45) is 16.2 Å². The number of benzene rings is 2. The van der Waals surface area contributed by atoms with Crippen LogP contribution < -0.4 is 11.5 Å². The third-order valence-electron chi connectivity index (χ3n) is 8.48. The second kappa shape index (κ2) is 25.5. The highest BCUT2D eigenvalue weighted by molar-refractivity contribution is 5.90. The van der Waals surface area contributed by atoms with E-state index in [1.165, 1.54) is 12.5 Å². The van der Waals surface area contributed by atoms with Crippen molar-refractivity contribution in [3.8, 4) is 0 Å². The third-order valence-corrected chi connectivity index (χ3v) is 8.48. The molecule has 28 heteroatoms. The lowest BCUT2D eigenvalue weighted by atomic mass is 9.92. The first-order valence-electron chi connectivity index (χ1n) is 19.1. The summed E-state index contributed by atoms with van der Waals surface area (Å²) >= 11 is 0. The highest BCUT2D eigenvalue weighted by atomic mass is 19.4. The van der Waals surface area contributed by atoms with Crippen molar-refractivity contribution in [1.29, 1.82) is 0 Å². The fourth-order valence-corrected chi connectivity index (χ4v) is 4.50. The minimum atomic E-state index is -6.73. The Morgan fingerprint density at radius 3 is 0.986 bits per heavy atom. The lowest BCUT2D eigenvalue weighted by molar-refractivity contribution is -0.375. The number of alkyl halides is 18. The van der Waals surface area contributed by atoms with Crippen molar-refractivity contribution in [2.45, 2.75) is 76.6 Å². The Labute approximate surface area is 382 Å². The quantitative estimate of drug-likeness (QED) is 0.0452. The van der Waals surface area contributed by atoms with Crippen LogP contribution in [0.15, 0.2) is 74.2 Å². The molecule has 0 saturated carbocycles. The molecule has 0 amide bonds. The minimum Gasteiger partial charge on any atom is -0.501 e. The molecule has 0 aromatic heterocycles. The van der Waals surface area contributed by atoms with Crippen LogP contribution in [0, 0.1) is 16.2 Å². The summed E-state index contributed by atoms with van der Waals surface area (Å²) in [7, 11) is 0. The molecule has 0 fully saturated rings. The normalized spacial score (nSPS) is 14.5. The first-order chi connectivity index (χ1) is 31.2. The summed E-state index contributed by atoms with van der Waals surface area (Å²) in [6.45, 7) is 17.0. The van der Waals surface area contributed by atoms with Gasteiger partial charge in [-0.05, 0) is 48.5 Å². The number of hydrogen-bond acceptors (Lipinski definition) is 10. The van der Waals surface area contributed by atoms with Crippen LogP contribution in [0.3, 0.4) is 0 Å². The second-order valence-electron chi connectivity index (χ2n) is 16.1. The van der Waals surface area contributed by atoms with Gasteiger partial charge in [0.1, 0.15) is 13.2 Å². The molecule has 2 atom stereocenters. The molecule has 0 heterocycles. The largest absolute Gasteiger partial charge is 0.501 e. The highest BCUT2D eigenvalue weighted by Crippen LogP contribution is 2.50. The standard InChI is InChI=1S/C33H46N2O8.2C4HF9/c1-7-38-19-32(5,23-42-29(36)25-9-13-27(34)14-10-25)21-40-17-31(3,4)18-41-22-33(6,20-39-8-2)24-43-30(37)26-11-15-28(35)16-12-26;2*5-1(6)2(7,8)3(9,10)4(11,12)13/h7-16H,1-2,17-24,34-35H2,3-6H3;2*1H. The fraction of sp³-hybridized carbons (Fsp3) is 0.561. The Morgan fingerprint density at radius 1 is 0.493 bits per heavy atom. The number of carbonyl (C=O) groups is 2. The Balaban J connectivity index is 0.00000144. The molecular weight excluding hydrogens is 990 g/mol. The summed E-state index contributed by atoms with van der Waals surface area (Å²) < 4.78 is 238. The van der Waals surface area contributed by atoms with Crippen molar-refractivity contribution >= 4 is 23.3 Å². The number of nitrogen functional groups attached to an aromatic ring is 2. The molecular formula is C41H48F18N2O8. The number of carbonyl (C=O) groups excluding carboxylic acids is 2. The monoisotopic (exact) mass is 1040 g/mol. The summed E-state index contributed by atoms with van der Waals surface area (Å²) in [5, 5.41) is 0. The van der Waals surface area contributed by atoms with E-state index in [-0.39, 0.29) is 45.1 Å². The minimum absolute atomic E-state index is 0.0811. The van der Waals surface area contributed by atoms with Gasteiger partial charge in [0.05, 0.1) is 74.1 Å². The Kier molecular flexibility index (Phi) is 23.6. The van der Waals surface area contributed by atoms with Gasteiger partial charge in [0.2, 0.25) is 0 Å². The molecule has 2 unspecified atom stereocenters. The molecule has 69 heavy (non-hydrogen) atoms. The number of ether oxygens (including phenoxy) is 6. The number of esters is 2. The summed E-state index contributed by atoms with van der Waals surface area (Å²) in [6.07, 6.45) is -20.9. The predicted octanol–water partition coefficient (Wildman–Crippen LogP) is 11.4. The molecule has 0 radical (unpaired) electrons. The molecule has 0 bridgehead atoms. The first-order valence-corrected chi connectivity index (χ1v) is 19.1. The number of halogens is 18. The molecule has 10 nitrogen and oxygen atoms in total. The van der Waals surface area contributed by atoms with Gasteiger partial charge in [0, 0.05) is 16.8 Å². The molecule has 0 spiro atoms. The maximum absolute atomic E-state index is 12.5. The Bertz CT molecular complexity index is 1760. The highest BCUT2D eigenvalue weighted by Gasteiger charge is 2.77. The zero-order chi connectivity index (χ0) is 54.1. The average molecular weight is 1040 g/mol. The van der Waals surface area contributed by atoms with E-state index in [0.29, 0.717) is 35.7 Å². The average Bonchev–Trinajstić information content (AvgIpc) is 3.23. The van der Waals surface area contributed by atoms with Gasteiger partial charge in [-0.15, -0.1) is 0 Å². The van der Waals surface area contributed by atoms with E-state index in [9.17, 15) is 88.6 Å². The van der Waals surface area contributed by atoms with Crippen LogP contribution in [0.25, 0.3) is 0 Å². The number of nitrogens with two attached hydrogens (primary N) is 2. The van der Waals surface area contributed by atoms with Gasteiger partial charge in [-0.3, -0.25) is 0 Å². The number of hydrogen-bond donors (Lipinski definition) is 2. The Morgan fingerprint density at radius 2 is 0.768 bits per heavy atom. The van der Waals surface area contributed by atoms with Crippen molar-refractivity contribution in [2.75, 3.05) is 64.3 Å². The molecule has 2 aromatic rings. The summed E-state index contributed by atoms with van der Waals surface area (Å²) in [4.78, 5) is 25.0. The molecule has 0 aliphatic carbocycles. The maximum Gasteiger partial charge on any atom is 0.460 e. The van der Waals surface area contributed by atoms with Crippen LogP contribution in [-0.4, -0.2) is 114 Å².